The molecule has 0 aliphatic carbocycles. The second-order valence-electron chi connectivity index (χ2n) is 1.64. The van der Waals surface area contributed by atoms with Gasteiger partial charge in [-0.2, -0.15) is 0 Å². The Balaban J connectivity index is 2.50. The first-order valence-corrected chi connectivity index (χ1v) is 4.22. The summed E-state index contributed by atoms with van der Waals surface area (Å²) in [5.74, 6) is 0. The summed E-state index contributed by atoms with van der Waals surface area (Å²) in [6.07, 6.45) is 6.34. The number of nitrogens with one attached hydrogen (secondary N) is 1. The molecule has 0 fully saturated rings. The van der Waals surface area contributed by atoms with Crippen LogP contribution in [0, 0.1) is 0 Å². The van der Waals surface area contributed by atoms with E-state index in [4.69, 9.17) is 0 Å². The first-order valence-electron chi connectivity index (χ1n) is 2.72. The van der Waals surface area contributed by atoms with E-state index in [1.54, 1.807) is 0 Å². The molecule has 0 aromatic heterocycles. The molecular weight excluding hydrogens is 117 g/mol. The molecule has 1 rings (SSSR count). The highest BCUT2D eigenvalue weighted by Crippen LogP contribution is 2.16. The number of hydrogen-bond donors (Lipinski definition) is 1. The molecule has 8 heavy (non-hydrogen) atoms. The molecular formula is C6H10NP. The second kappa shape index (κ2) is 2.88. The number of dihydropyridines is 1. The zero-order chi connectivity index (χ0) is 5.82. The SMILES string of the molecule is CPC1=CC=CCN1. The smallest absolute Gasteiger partial charge is 0.0334 e. The van der Waals surface area contributed by atoms with Gasteiger partial charge in [0.15, 0.2) is 0 Å². The second-order valence-corrected chi connectivity index (χ2v) is 2.68. The van der Waals surface area contributed by atoms with Gasteiger partial charge in [-0.15, -0.1) is 0 Å². The van der Waals surface area contributed by atoms with Gasteiger partial charge in [0.25, 0.3) is 0 Å². The Labute approximate surface area is 51.6 Å². The van der Waals surface area contributed by atoms with Crippen molar-refractivity contribution in [2.24, 2.45) is 0 Å². The largest absolute Gasteiger partial charge is 0.382 e. The van der Waals surface area contributed by atoms with E-state index in [-0.39, 0.29) is 0 Å². The van der Waals surface area contributed by atoms with Crippen molar-refractivity contribution in [1.29, 1.82) is 0 Å². The van der Waals surface area contributed by atoms with Crippen LogP contribution in [0.2, 0.25) is 0 Å². The third-order valence-corrected chi connectivity index (χ3v) is 1.96. The van der Waals surface area contributed by atoms with E-state index in [9.17, 15) is 0 Å². The minimum Gasteiger partial charge on any atom is -0.382 e. The molecule has 0 radical (unpaired) electrons. The van der Waals surface area contributed by atoms with Crippen LogP contribution in [0.15, 0.2) is 23.7 Å². The Morgan fingerprint density at radius 2 is 2.62 bits per heavy atom. The monoisotopic (exact) mass is 127 g/mol. The van der Waals surface area contributed by atoms with Gasteiger partial charge in [-0.1, -0.05) is 20.7 Å². The minimum absolute atomic E-state index is 0.906. The Hall–Kier alpha value is -0.290. The molecule has 0 bridgehead atoms. The molecule has 1 N–H and O–H groups in total. The van der Waals surface area contributed by atoms with Crippen LogP contribution < -0.4 is 5.32 Å². The van der Waals surface area contributed by atoms with E-state index in [0.29, 0.717) is 0 Å². The van der Waals surface area contributed by atoms with Gasteiger partial charge in [-0.3, -0.25) is 0 Å². The lowest BCUT2D eigenvalue weighted by atomic mass is 10.4. The van der Waals surface area contributed by atoms with Crippen LogP contribution in [-0.2, 0) is 0 Å². The van der Waals surface area contributed by atoms with Gasteiger partial charge >= 0.3 is 0 Å². The average molecular weight is 127 g/mol. The van der Waals surface area contributed by atoms with Gasteiger partial charge in [0.05, 0.1) is 0 Å². The Kier molecular flexibility index (Phi) is 2.11. The van der Waals surface area contributed by atoms with Crippen molar-refractivity contribution >= 4 is 8.58 Å². The highest BCUT2D eigenvalue weighted by molar-refractivity contribution is 7.42. The first-order chi connectivity index (χ1) is 3.93. The van der Waals surface area contributed by atoms with Crippen LogP contribution in [0.1, 0.15) is 0 Å². The van der Waals surface area contributed by atoms with Crippen molar-refractivity contribution < 1.29 is 0 Å². The molecule has 2 heteroatoms. The zero-order valence-corrected chi connectivity index (χ0v) is 5.94. The molecule has 0 aromatic rings. The predicted molar refractivity (Wildman–Crippen MR) is 39.5 cm³/mol. The van der Waals surface area contributed by atoms with Crippen LogP contribution in [0.5, 0.6) is 0 Å². The van der Waals surface area contributed by atoms with Crippen molar-refractivity contribution in [1.82, 2.24) is 5.32 Å². The lowest BCUT2D eigenvalue weighted by molar-refractivity contribution is 0.952. The summed E-state index contributed by atoms with van der Waals surface area (Å²) in [5, 5.41) is 3.26. The van der Waals surface area contributed by atoms with E-state index in [2.05, 4.69) is 30.2 Å². The molecule has 1 heterocycles. The quantitative estimate of drug-likeness (QED) is 0.523. The third-order valence-electron chi connectivity index (χ3n) is 1.08. The van der Waals surface area contributed by atoms with Crippen molar-refractivity contribution in [2.75, 3.05) is 13.2 Å². The lowest BCUT2D eigenvalue weighted by Crippen LogP contribution is -2.11. The van der Waals surface area contributed by atoms with E-state index >= 15 is 0 Å². The standard InChI is InChI=1S/C6H10NP/c1-8-6-4-2-3-5-7-6/h2-4,7-8H,5H2,1H3. The summed E-state index contributed by atoms with van der Waals surface area (Å²) in [4.78, 5) is 0. The van der Waals surface area contributed by atoms with Crippen LogP contribution in [0.4, 0.5) is 0 Å². The van der Waals surface area contributed by atoms with Crippen LogP contribution in [0.3, 0.4) is 0 Å². The lowest BCUT2D eigenvalue weighted by Gasteiger charge is -2.07. The molecule has 0 saturated carbocycles. The van der Waals surface area contributed by atoms with E-state index in [0.717, 1.165) is 15.1 Å². The maximum atomic E-state index is 3.26. The molecule has 1 unspecified atom stereocenters. The van der Waals surface area contributed by atoms with E-state index < -0.39 is 0 Å². The summed E-state index contributed by atoms with van der Waals surface area (Å²) >= 11 is 0. The molecule has 1 aliphatic rings. The highest BCUT2D eigenvalue weighted by Gasteiger charge is 1.90. The van der Waals surface area contributed by atoms with Crippen molar-refractivity contribution in [3.8, 4) is 0 Å². The molecule has 44 valence electrons. The third kappa shape index (κ3) is 1.34. The average Bonchev–Trinajstić information content (AvgIpc) is 1.90. The molecule has 0 amide bonds. The summed E-state index contributed by atoms with van der Waals surface area (Å²) < 4.78 is 0. The molecule has 0 aromatic carbocycles. The summed E-state index contributed by atoms with van der Waals surface area (Å²) in [5.41, 5.74) is 1.37. The van der Waals surface area contributed by atoms with Gasteiger partial charge in [-0.25, -0.2) is 0 Å². The number of rotatable bonds is 1. The maximum Gasteiger partial charge on any atom is 0.0334 e. The van der Waals surface area contributed by atoms with Gasteiger partial charge in [0.1, 0.15) is 0 Å². The zero-order valence-electron chi connectivity index (χ0n) is 4.94. The first kappa shape index (κ1) is 5.84. The molecule has 0 saturated heterocycles. The van der Waals surface area contributed by atoms with Crippen LogP contribution in [-0.4, -0.2) is 13.2 Å². The predicted octanol–water partition coefficient (Wildman–Crippen LogP) is 1.30. The molecule has 0 spiro atoms. The Bertz CT molecular complexity index is 126. The normalized spacial score (nSPS) is 18.9. The summed E-state index contributed by atoms with van der Waals surface area (Å²) in [6.45, 7) is 3.19. The topological polar surface area (TPSA) is 12.0 Å². The van der Waals surface area contributed by atoms with E-state index in [1.165, 1.54) is 5.44 Å². The van der Waals surface area contributed by atoms with Crippen molar-refractivity contribution in [2.45, 2.75) is 0 Å². The van der Waals surface area contributed by atoms with Crippen molar-refractivity contribution in [3.63, 3.8) is 0 Å². The van der Waals surface area contributed by atoms with Gasteiger partial charge in [0, 0.05) is 12.0 Å². The van der Waals surface area contributed by atoms with Crippen LogP contribution >= 0.6 is 8.58 Å². The molecule has 1 atom stereocenters. The van der Waals surface area contributed by atoms with Gasteiger partial charge in [0.2, 0.25) is 0 Å². The Morgan fingerprint density at radius 3 is 3.00 bits per heavy atom. The highest BCUT2D eigenvalue weighted by atomic mass is 31.1. The fourth-order valence-corrected chi connectivity index (χ4v) is 1.17. The fourth-order valence-electron chi connectivity index (χ4n) is 0.632. The Morgan fingerprint density at radius 1 is 1.75 bits per heavy atom. The minimum atomic E-state index is 0.906. The van der Waals surface area contributed by atoms with Crippen molar-refractivity contribution in [3.05, 3.63) is 23.7 Å². The number of hydrogen-bond acceptors (Lipinski definition) is 1. The summed E-state index contributed by atoms with van der Waals surface area (Å²) in [6, 6.07) is 0. The fraction of sp³-hybridized carbons (Fsp3) is 0.333. The van der Waals surface area contributed by atoms with Gasteiger partial charge in [-0.05, 0) is 12.7 Å². The number of allylic oxidation sites excluding steroid dienone is 2. The van der Waals surface area contributed by atoms with Crippen LogP contribution in [0.25, 0.3) is 0 Å². The maximum absolute atomic E-state index is 3.26. The van der Waals surface area contributed by atoms with Gasteiger partial charge < -0.3 is 5.32 Å². The summed E-state index contributed by atoms with van der Waals surface area (Å²) in [7, 11) is 0.906. The molecule has 1 aliphatic heterocycles. The molecule has 1 nitrogen and oxygen atoms in total. The van der Waals surface area contributed by atoms with E-state index in [1.807, 2.05) is 0 Å².